The molecule has 1 aromatic heterocycles. The summed E-state index contributed by atoms with van der Waals surface area (Å²) in [7, 11) is 0. The van der Waals surface area contributed by atoms with Crippen LogP contribution in [0.1, 0.15) is 46.7 Å². The zero-order valence-electron chi connectivity index (χ0n) is 12.3. The van der Waals surface area contributed by atoms with E-state index in [1.54, 1.807) is 13.8 Å². The molecule has 1 amide bonds. The molecule has 1 aromatic rings. The molecule has 116 valence electrons. The summed E-state index contributed by atoms with van der Waals surface area (Å²) in [4.78, 5) is 26.3. The quantitative estimate of drug-likeness (QED) is 0.724. The summed E-state index contributed by atoms with van der Waals surface area (Å²) < 4.78 is 0. The number of hydrogen-bond donors (Lipinski definition) is 3. The fraction of sp³-hybridized carbons (Fsp3) is 0.571. The number of carbonyl (C=O) groups is 2. The van der Waals surface area contributed by atoms with Gasteiger partial charge in [0.15, 0.2) is 5.78 Å². The highest BCUT2D eigenvalue weighted by Crippen LogP contribution is 2.40. The minimum atomic E-state index is -0.618. The number of amides is 1. The van der Waals surface area contributed by atoms with Crippen molar-refractivity contribution in [3.8, 4) is 0 Å². The molecule has 0 saturated carbocycles. The fourth-order valence-corrected chi connectivity index (χ4v) is 3.77. The van der Waals surface area contributed by atoms with E-state index in [1.165, 1.54) is 11.3 Å². The average Bonchev–Trinajstić information content (AvgIpc) is 2.76. The summed E-state index contributed by atoms with van der Waals surface area (Å²) in [6, 6.07) is 0. The Kier molecular flexibility index (Phi) is 4.53. The number of aliphatic hydroxyl groups is 1. The number of nitrogens with two attached hydrogens (primary N) is 2. The predicted molar refractivity (Wildman–Crippen MR) is 83.9 cm³/mol. The van der Waals surface area contributed by atoms with E-state index >= 15 is 0 Å². The second-order valence-electron chi connectivity index (χ2n) is 5.63. The summed E-state index contributed by atoms with van der Waals surface area (Å²) in [5, 5.41) is 10.2. The van der Waals surface area contributed by atoms with Gasteiger partial charge in [-0.1, -0.05) is 13.8 Å². The van der Waals surface area contributed by atoms with Gasteiger partial charge in [0.1, 0.15) is 5.00 Å². The molecule has 0 spiro atoms. The minimum absolute atomic E-state index is 0.0803. The maximum Gasteiger partial charge on any atom is 0.253 e. The van der Waals surface area contributed by atoms with Gasteiger partial charge in [-0.25, -0.2) is 0 Å². The number of aliphatic hydroxyl groups excluding tert-OH is 1. The third kappa shape index (κ3) is 3.03. The van der Waals surface area contributed by atoms with Gasteiger partial charge in [0.2, 0.25) is 0 Å². The molecular formula is C14H21N3O3S. The van der Waals surface area contributed by atoms with Crippen molar-refractivity contribution >= 4 is 33.7 Å². The van der Waals surface area contributed by atoms with E-state index in [-0.39, 0.29) is 29.1 Å². The van der Waals surface area contributed by atoms with Gasteiger partial charge in [-0.05, 0) is 12.8 Å². The molecule has 5 N–H and O–H groups in total. The molecule has 21 heavy (non-hydrogen) atoms. The first-order valence-corrected chi connectivity index (χ1v) is 7.83. The van der Waals surface area contributed by atoms with Crippen LogP contribution in [0.2, 0.25) is 0 Å². The molecule has 0 aromatic carbocycles. The van der Waals surface area contributed by atoms with E-state index in [9.17, 15) is 14.7 Å². The molecule has 2 rings (SSSR count). The van der Waals surface area contributed by atoms with Gasteiger partial charge in [0, 0.05) is 19.0 Å². The van der Waals surface area contributed by atoms with E-state index in [0.29, 0.717) is 35.8 Å². The molecule has 0 aliphatic carbocycles. The van der Waals surface area contributed by atoms with Crippen LogP contribution >= 0.6 is 11.3 Å². The zero-order valence-corrected chi connectivity index (χ0v) is 13.1. The van der Waals surface area contributed by atoms with Crippen molar-refractivity contribution in [3.05, 3.63) is 10.4 Å². The number of piperidine rings is 1. The molecule has 1 fully saturated rings. The standard InChI is InChI=1S/C14H21N3O3S/c1-7(2)11(19)12-10(15)9(13(16)20)14(21-12)17-5-3-8(18)4-6-17/h7-8,18H,3-6,15H2,1-2H3,(H2,16,20). The highest BCUT2D eigenvalue weighted by Gasteiger charge is 2.29. The van der Waals surface area contributed by atoms with Crippen molar-refractivity contribution in [2.45, 2.75) is 32.8 Å². The lowest BCUT2D eigenvalue weighted by Gasteiger charge is -2.30. The SMILES string of the molecule is CC(C)C(=O)c1sc(N2CCC(O)CC2)c(C(N)=O)c1N. The van der Waals surface area contributed by atoms with Gasteiger partial charge in [0.05, 0.1) is 22.2 Å². The summed E-state index contributed by atoms with van der Waals surface area (Å²) in [6.45, 7) is 4.83. The predicted octanol–water partition coefficient (Wildman–Crippen LogP) is 1.23. The largest absolute Gasteiger partial charge is 0.397 e. The van der Waals surface area contributed by atoms with Crippen LogP contribution in [0.3, 0.4) is 0 Å². The summed E-state index contributed by atoms with van der Waals surface area (Å²) in [5.41, 5.74) is 11.9. The van der Waals surface area contributed by atoms with Crippen LogP contribution in [-0.4, -0.2) is 36.0 Å². The Balaban J connectivity index is 2.43. The zero-order chi connectivity index (χ0) is 15.7. The molecule has 6 nitrogen and oxygen atoms in total. The molecule has 1 aliphatic heterocycles. The second kappa shape index (κ2) is 6.03. The molecule has 0 radical (unpaired) electrons. The van der Waals surface area contributed by atoms with Gasteiger partial charge in [-0.2, -0.15) is 0 Å². The Labute approximate surface area is 127 Å². The van der Waals surface area contributed by atoms with Crippen molar-refractivity contribution < 1.29 is 14.7 Å². The Bertz CT molecular complexity index is 560. The number of anilines is 2. The first kappa shape index (κ1) is 15.8. The first-order valence-electron chi connectivity index (χ1n) is 7.02. The van der Waals surface area contributed by atoms with Gasteiger partial charge in [0.25, 0.3) is 5.91 Å². The molecule has 2 heterocycles. The average molecular weight is 311 g/mol. The maximum absolute atomic E-state index is 12.2. The fourth-order valence-electron chi connectivity index (χ4n) is 2.41. The molecule has 7 heteroatoms. The van der Waals surface area contributed by atoms with Crippen LogP contribution in [0.15, 0.2) is 0 Å². The van der Waals surface area contributed by atoms with Gasteiger partial charge < -0.3 is 21.5 Å². The van der Waals surface area contributed by atoms with Gasteiger partial charge in [-0.3, -0.25) is 9.59 Å². The van der Waals surface area contributed by atoms with Crippen molar-refractivity contribution in [3.63, 3.8) is 0 Å². The van der Waals surface area contributed by atoms with Crippen LogP contribution in [0.25, 0.3) is 0 Å². The second-order valence-corrected chi connectivity index (χ2v) is 6.63. The molecule has 1 aliphatic rings. The Morgan fingerprint density at radius 2 is 1.90 bits per heavy atom. The normalized spacial score (nSPS) is 16.5. The van der Waals surface area contributed by atoms with Crippen LogP contribution in [0.4, 0.5) is 10.7 Å². The highest BCUT2D eigenvalue weighted by atomic mass is 32.1. The van der Waals surface area contributed by atoms with E-state index < -0.39 is 5.91 Å². The Morgan fingerprint density at radius 3 is 2.38 bits per heavy atom. The van der Waals surface area contributed by atoms with Crippen molar-refractivity contribution in [2.24, 2.45) is 11.7 Å². The maximum atomic E-state index is 12.2. The van der Waals surface area contributed by atoms with Crippen LogP contribution in [0.5, 0.6) is 0 Å². The molecular weight excluding hydrogens is 290 g/mol. The van der Waals surface area contributed by atoms with E-state index in [1.807, 2.05) is 4.90 Å². The Morgan fingerprint density at radius 1 is 1.33 bits per heavy atom. The van der Waals surface area contributed by atoms with Crippen molar-refractivity contribution in [1.82, 2.24) is 0 Å². The lowest BCUT2D eigenvalue weighted by atomic mass is 10.0. The number of nitrogen functional groups attached to an aromatic ring is 1. The molecule has 0 bridgehead atoms. The molecule has 1 saturated heterocycles. The van der Waals surface area contributed by atoms with Gasteiger partial charge in [-0.15, -0.1) is 11.3 Å². The third-order valence-electron chi connectivity index (χ3n) is 3.67. The minimum Gasteiger partial charge on any atom is -0.397 e. The number of carbonyl (C=O) groups excluding carboxylic acids is 2. The number of primary amides is 1. The summed E-state index contributed by atoms with van der Waals surface area (Å²) >= 11 is 1.23. The molecule has 0 unspecified atom stereocenters. The van der Waals surface area contributed by atoms with Crippen molar-refractivity contribution in [2.75, 3.05) is 23.7 Å². The highest BCUT2D eigenvalue weighted by molar-refractivity contribution is 7.19. The third-order valence-corrected chi connectivity index (χ3v) is 4.95. The summed E-state index contributed by atoms with van der Waals surface area (Å²) in [5.74, 6) is -0.890. The lowest BCUT2D eigenvalue weighted by Crippen LogP contribution is -2.36. The number of rotatable bonds is 4. The smallest absolute Gasteiger partial charge is 0.253 e. The van der Waals surface area contributed by atoms with Crippen LogP contribution in [-0.2, 0) is 0 Å². The monoisotopic (exact) mass is 311 g/mol. The van der Waals surface area contributed by atoms with Crippen LogP contribution in [0, 0.1) is 5.92 Å². The first-order chi connectivity index (χ1) is 9.82. The number of ketones is 1. The molecule has 0 atom stereocenters. The number of nitrogens with zero attached hydrogens (tertiary/aromatic N) is 1. The van der Waals surface area contributed by atoms with Crippen molar-refractivity contribution in [1.29, 1.82) is 0 Å². The number of thiophene rings is 1. The topological polar surface area (TPSA) is 110 Å². The van der Waals surface area contributed by atoms with Crippen LogP contribution < -0.4 is 16.4 Å². The van der Waals surface area contributed by atoms with Gasteiger partial charge >= 0.3 is 0 Å². The Hall–Kier alpha value is -1.60. The van der Waals surface area contributed by atoms with E-state index in [0.717, 1.165) is 0 Å². The van der Waals surface area contributed by atoms with E-state index in [2.05, 4.69) is 0 Å². The van der Waals surface area contributed by atoms with E-state index in [4.69, 9.17) is 11.5 Å². The number of Topliss-reactive ketones (excluding diaryl/α,β-unsaturated/α-hetero) is 1. The summed E-state index contributed by atoms with van der Waals surface area (Å²) in [6.07, 6.45) is 0.944. The lowest BCUT2D eigenvalue weighted by molar-refractivity contribution is 0.0944. The number of hydrogen-bond acceptors (Lipinski definition) is 6.